The average molecular weight is 285 g/mol. The third kappa shape index (κ3) is 4.57. The molecule has 0 aromatic heterocycles. The molecule has 16 heavy (non-hydrogen) atoms. The molecule has 0 aliphatic carbocycles. The van der Waals surface area contributed by atoms with Crippen LogP contribution in [0.4, 0.5) is 0 Å². The number of carbonyl (C=O) groups excluding carboxylic acids is 1. The van der Waals surface area contributed by atoms with E-state index in [9.17, 15) is 9.59 Å². The molecule has 0 heterocycles. The number of rotatable bonds is 6. The molecular weight excluding hydrogens is 272 g/mol. The summed E-state index contributed by atoms with van der Waals surface area (Å²) in [5.41, 5.74) is 0.671. The molecule has 0 spiro atoms. The first-order valence-corrected chi connectivity index (χ1v) is 5.89. The molecule has 0 fully saturated rings. The van der Waals surface area contributed by atoms with Crippen LogP contribution in [-0.2, 0) is 4.79 Å². The van der Waals surface area contributed by atoms with Crippen LogP contribution in [0.2, 0.25) is 0 Å². The van der Waals surface area contributed by atoms with E-state index in [0.29, 0.717) is 24.8 Å². The van der Waals surface area contributed by atoms with Gasteiger partial charge in [-0.2, -0.15) is 0 Å². The lowest BCUT2D eigenvalue weighted by Crippen LogP contribution is -2.00. The zero-order chi connectivity index (χ0) is 12.0. The van der Waals surface area contributed by atoms with Crippen LogP contribution in [-0.4, -0.2) is 16.9 Å². The van der Waals surface area contributed by atoms with Gasteiger partial charge in [-0.25, -0.2) is 0 Å². The molecule has 0 aliphatic rings. The monoisotopic (exact) mass is 284 g/mol. The maximum atomic E-state index is 11.7. The molecule has 0 aliphatic heterocycles. The summed E-state index contributed by atoms with van der Waals surface area (Å²) >= 11 is 3.30. The van der Waals surface area contributed by atoms with E-state index < -0.39 is 5.97 Å². The molecule has 0 radical (unpaired) electrons. The average Bonchev–Trinajstić information content (AvgIpc) is 2.24. The number of carbonyl (C=O) groups is 2. The van der Waals surface area contributed by atoms with E-state index in [1.165, 1.54) is 0 Å². The number of halogens is 1. The SMILES string of the molecule is O=C(O)CCCCC(=O)c1cccc(Br)c1. The number of Topliss-reactive ketones (excluding diaryl/α,β-unsaturated/α-hetero) is 1. The quantitative estimate of drug-likeness (QED) is 0.644. The van der Waals surface area contributed by atoms with Gasteiger partial charge in [0, 0.05) is 22.9 Å². The van der Waals surface area contributed by atoms with Gasteiger partial charge in [-0.05, 0) is 25.0 Å². The molecule has 1 rings (SSSR count). The molecular formula is C12H13BrO3. The molecule has 0 saturated heterocycles. The second-order valence-electron chi connectivity index (χ2n) is 3.53. The van der Waals surface area contributed by atoms with Crippen molar-refractivity contribution in [1.29, 1.82) is 0 Å². The molecule has 86 valence electrons. The van der Waals surface area contributed by atoms with Crippen molar-refractivity contribution >= 4 is 27.7 Å². The first-order valence-electron chi connectivity index (χ1n) is 5.10. The first-order chi connectivity index (χ1) is 7.59. The second kappa shape index (κ2) is 6.43. The third-order valence-electron chi connectivity index (χ3n) is 2.19. The maximum Gasteiger partial charge on any atom is 0.303 e. The van der Waals surface area contributed by atoms with Crippen molar-refractivity contribution in [2.24, 2.45) is 0 Å². The minimum Gasteiger partial charge on any atom is -0.481 e. The Morgan fingerprint density at radius 3 is 2.50 bits per heavy atom. The van der Waals surface area contributed by atoms with Crippen molar-refractivity contribution in [3.63, 3.8) is 0 Å². The highest BCUT2D eigenvalue weighted by Crippen LogP contribution is 2.14. The Labute approximate surface area is 103 Å². The summed E-state index contributed by atoms with van der Waals surface area (Å²) in [6.07, 6.45) is 1.71. The van der Waals surface area contributed by atoms with E-state index in [1.807, 2.05) is 12.1 Å². The fourth-order valence-corrected chi connectivity index (χ4v) is 1.77. The van der Waals surface area contributed by atoms with Crippen LogP contribution in [0, 0.1) is 0 Å². The van der Waals surface area contributed by atoms with Crippen LogP contribution in [0.25, 0.3) is 0 Å². The fourth-order valence-electron chi connectivity index (χ4n) is 1.37. The molecule has 0 amide bonds. The molecule has 3 nitrogen and oxygen atoms in total. The lowest BCUT2D eigenvalue weighted by molar-refractivity contribution is -0.137. The van der Waals surface area contributed by atoms with E-state index in [2.05, 4.69) is 15.9 Å². The number of ketones is 1. The summed E-state index contributed by atoms with van der Waals surface area (Å²) in [5.74, 6) is -0.749. The largest absolute Gasteiger partial charge is 0.481 e. The molecule has 0 unspecified atom stereocenters. The standard InChI is InChI=1S/C12H13BrO3/c13-10-5-3-4-9(8-10)11(14)6-1-2-7-12(15)16/h3-5,8H,1-2,6-7H2,(H,15,16). The zero-order valence-corrected chi connectivity index (χ0v) is 10.4. The van der Waals surface area contributed by atoms with Crippen LogP contribution in [0.15, 0.2) is 28.7 Å². The van der Waals surface area contributed by atoms with Crippen molar-refractivity contribution in [2.45, 2.75) is 25.7 Å². The summed E-state index contributed by atoms with van der Waals surface area (Å²) in [6.45, 7) is 0. The molecule has 0 bridgehead atoms. The summed E-state index contributed by atoms with van der Waals surface area (Å²) < 4.78 is 0.879. The number of carboxylic acids is 1. The Hall–Kier alpha value is -1.16. The van der Waals surface area contributed by atoms with Crippen LogP contribution in [0.1, 0.15) is 36.0 Å². The third-order valence-corrected chi connectivity index (χ3v) is 2.68. The minimum absolute atomic E-state index is 0.0617. The predicted octanol–water partition coefficient (Wildman–Crippen LogP) is 3.28. The number of unbranched alkanes of at least 4 members (excludes halogenated alkanes) is 1. The van der Waals surface area contributed by atoms with Gasteiger partial charge >= 0.3 is 5.97 Å². The fraction of sp³-hybridized carbons (Fsp3) is 0.333. The van der Waals surface area contributed by atoms with Crippen molar-refractivity contribution in [3.05, 3.63) is 34.3 Å². The lowest BCUT2D eigenvalue weighted by Gasteiger charge is -2.01. The highest BCUT2D eigenvalue weighted by Gasteiger charge is 2.06. The van der Waals surface area contributed by atoms with Gasteiger partial charge < -0.3 is 5.11 Å². The normalized spacial score (nSPS) is 10.1. The number of hydrogen-bond donors (Lipinski definition) is 1. The van der Waals surface area contributed by atoms with Gasteiger partial charge in [0.05, 0.1) is 0 Å². The van der Waals surface area contributed by atoms with Crippen molar-refractivity contribution in [1.82, 2.24) is 0 Å². The van der Waals surface area contributed by atoms with E-state index in [4.69, 9.17) is 5.11 Å². The molecule has 0 atom stereocenters. The zero-order valence-electron chi connectivity index (χ0n) is 8.78. The first kappa shape index (κ1) is 12.9. The van der Waals surface area contributed by atoms with Crippen LogP contribution >= 0.6 is 15.9 Å². The Balaban J connectivity index is 2.38. The van der Waals surface area contributed by atoms with Gasteiger partial charge in [-0.1, -0.05) is 28.1 Å². The van der Waals surface area contributed by atoms with E-state index >= 15 is 0 Å². The van der Waals surface area contributed by atoms with Crippen LogP contribution in [0.5, 0.6) is 0 Å². The van der Waals surface area contributed by atoms with Crippen molar-refractivity contribution in [2.75, 3.05) is 0 Å². The highest BCUT2D eigenvalue weighted by atomic mass is 79.9. The van der Waals surface area contributed by atoms with Gasteiger partial charge in [0.15, 0.2) is 5.78 Å². The Morgan fingerprint density at radius 1 is 1.19 bits per heavy atom. The second-order valence-corrected chi connectivity index (χ2v) is 4.45. The van der Waals surface area contributed by atoms with E-state index in [0.717, 1.165) is 4.47 Å². The van der Waals surface area contributed by atoms with Crippen LogP contribution < -0.4 is 0 Å². The van der Waals surface area contributed by atoms with Gasteiger partial charge in [0.25, 0.3) is 0 Å². The van der Waals surface area contributed by atoms with E-state index in [-0.39, 0.29) is 12.2 Å². The molecule has 4 heteroatoms. The van der Waals surface area contributed by atoms with Gasteiger partial charge in [0.2, 0.25) is 0 Å². The number of hydrogen-bond acceptors (Lipinski definition) is 2. The Morgan fingerprint density at radius 2 is 1.88 bits per heavy atom. The summed E-state index contributed by atoms with van der Waals surface area (Å²) in [6, 6.07) is 7.22. The number of benzene rings is 1. The molecule has 1 aromatic carbocycles. The summed E-state index contributed by atoms with van der Waals surface area (Å²) in [7, 11) is 0. The summed E-state index contributed by atoms with van der Waals surface area (Å²) in [4.78, 5) is 21.9. The minimum atomic E-state index is -0.810. The summed E-state index contributed by atoms with van der Waals surface area (Å²) in [5, 5.41) is 8.44. The highest BCUT2D eigenvalue weighted by molar-refractivity contribution is 9.10. The van der Waals surface area contributed by atoms with Gasteiger partial charge in [-0.15, -0.1) is 0 Å². The smallest absolute Gasteiger partial charge is 0.303 e. The Bertz CT molecular complexity index is 388. The predicted molar refractivity (Wildman–Crippen MR) is 64.6 cm³/mol. The van der Waals surface area contributed by atoms with Crippen molar-refractivity contribution in [3.8, 4) is 0 Å². The van der Waals surface area contributed by atoms with Gasteiger partial charge in [0.1, 0.15) is 0 Å². The molecule has 1 aromatic rings. The number of carboxylic acid groups (broad SMARTS) is 1. The maximum absolute atomic E-state index is 11.7. The van der Waals surface area contributed by atoms with Crippen molar-refractivity contribution < 1.29 is 14.7 Å². The Kier molecular flexibility index (Phi) is 5.19. The lowest BCUT2D eigenvalue weighted by atomic mass is 10.0. The molecule has 1 N–H and O–H groups in total. The van der Waals surface area contributed by atoms with E-state index in [1.54, 1.807) is 12.1 Å². The number of aliphatic carboxylic acids is 1. The molecule has 0 saturated carbocycles. The van der Waals surface area contributed by atoms with Crippen LogP contribution in [0.3, 0.4) is 0 Å². The van der Waals surface area contributed by atoms with Gasteiger partial charge in [-0.3, -0.25) is 9.59 Å². The topological polar surface area (TPSA) is 54.4 Å².